The minimum Gasteiger partial charge on any atom is -0.491 e. The number of hydrogen-bond acceptors (Lipinski definition) is 3. The lowest BCUT2D eigenvalue weighted by molar-refractivity contribution is 0.0979. The van der Waals surface area contributed by atoms with Gasteiger partial charge < -0.3 is 9.84 Å². The van der Waals surface area contributed by atoms with E-state index in [0.29, 0.717) is 12.2 Å². The number of benzene rings is 1. The molecule has 0 aliphatic rings. The van der Waals surface area contributed by atoms with Crippen molar-refractivity contribution in [1.82, 2.24) is 0 Å². The maximum Gasteiger partial charge on any atom is 0.162 e. The average molecular weight is 278 g/mol. The van der Waals surface area contributed by atoms with E-state index in [1.165, 1.54) is 25.7 Å². The first-order chi connectivity index (χ1) is 9.77. The van der Waals surface area contributed by atoms with Crippen molar-refractivity contribution in [1.29, 1.82) is 0 Å². The smallest absolute Gasteiger partial charge is 0.162 e. The van der Waals surface area contributed by atoms with E-state index in [4.69, 9.17) is 9.84 Å². The van der Waals surface area contributed by atoms with Crippen LogP contribution in [0.4, 0.5) is 0 Å². The molecule has 0 heterocycles. The van der Waals surface area contributed by atoms with Gasteiger partial charge in [0.2, 0.25) is 0 Å². The molecule has 112 valence electrons. The number of ketones is 1. The van der Waals surface area contributed by atoms with Crippen molar-refractivity contribution in [2.45, 2.75) is 51.9 Å². The fourth-order valence-corrected chi connectivity index (χ4v) is 2.11. The summed E-state index contributed by atoms with van der Waals surface area (Å²) in [4.78, 5) is 12.0. The number of rotatable bonds is 11. The van der Waals surface area contributed by atoms with Crippen molar-refractivity contribution < 1.29 is 14.6 Å². The zero-order valence-corrected chi connectivity index (χ0v) is 12.4. The van der Waals surface area contributed by atoms with Gasteiger partial charge in [-0.1, -0.05) is 39.0 Å². The fraction of sp³-hybridized carbons (Fsp3) is 0.588. The molecule has 0 atom stereocenters. The van der Waals surface area contributed by atoms with E-state index in [0.717, 1.165) is 18.4 Å². The molecule has 0 saturated carbocycles. The van der Waals surface area contributed by atoms with Crippen LogP contribution in [-0.2, 0) is 0 Å². The van der Waals surface area contributed by atoms with Crippen LogP contribution in [0.5, 0.6) is 5.75 Å². The van der Waals surface area contributed by atoms with Crippen LogP contribution in [0.15, 0.2) is 24.3 Å². The quantitative estimate of drug-likeness (QED) is 0.492. The first-order valence-electron chi connectivity index (χ1n) is 7.65. The molecule has 1 aromatic rings. The van der Waals surface area contributed by atoms with Crippen molar-refractivity contribution in [2.75, 3.05) is 13.2 Å². The van der Waals surface area contributed by atoms with Crippen LogP contribution < -0.4 is 4.74 Å². The number of unbranched alkanes of at least 4 members (excludes halogenated alkanes) is 5. The highest BCUT2D eigenvalue weighted by atomic mass is 16.5. The minimum atomic E-state index is -0.00128. The number of carbonyl (C=O) groups is 1. The Balaban J connectivity index is 2.25. The van der Waals surface area contributed by atoms with Crippen LogP contribution in [-0.4, -0.2) is 24.1 Å². The Kier molecular flexibility index (Phi) is 8.72. The molecule has 1 rings (SSSR count). The van der Waals surface area contributed by atoms with Gasteiger partial charge in [-0.2, -0.15) is 0 Å². The van der Waals surface area contributed by atoms with E-state index < -0.39 is 0 Å². The second-order valence-corrected chi connectivity index (χ2v) is 5.04. The Morgan fingerprint density at radius 3 is 2.35 bits per heavy atom. The van der Waals surface area contributed by atoms with Crippen molar-refractivity contribution >= 4 is 5.78 Å². The number of ether oxygens (including phenoxy) is 1. The van der Waals surface area contributed by atoms with Gasteiger partial charge in [0.05, 0.1) is 6.61 Å². The Hall–Kier alpha value is -1.35. The number of carbonyl (C=O) groups excluding carboxylic acids is 1. The van der Waals surface area contributed by atoms with Crippen LogP contribution in [0.2, 0.25) is 0 Å². The van der Waals surface area contributed by atoms with Crippen LogP contribution in [0.3, 0.4) is 0 Å². The van der Waals surface area contributed by atoms with E-state index in [1.54, 1.807) is 24.3 Å². The topological polar surface area (TPSA) is 46.5 Å². The SMILES string of the molecule is CCCCCCCCC(=O)c1ccc(OCCO)cc1. The number of aliphatic hydroxyl groups is 1. The van der Waals surface area contributed by atoms with Crippen LogP contribution in [0.1, 0.15) is 62.2 Å². The van der Waals surface area contributed by atoms with Gasteiger partial charge in [0.25, 0.3) is 0 Å². The number of Topliss-reactive ketones (excluding diaryl/α,β-unsaturated/α-hetero) is 1. The highest BCUT2D eigenvalue weighted by Crippen LogP contribution is 2.15. The lowest BCUT2D eigenvalue weighted by Gasteiger charge is -2.05. The van der Waals surface area contributed by atoms with Gasteiger partial charge in [-0.15, -0.1) is 0 Å². The molecule has 0 aliphatic heterocycles. The second-order valence-electron chi connectivity index (χ2n) is 5.04. The largest absolute Gasteiger partial charge is 0.491 e. The van der Waals surface area contributed by atoms with E-state index in [1.807, 2.05) is 0 Å². The van der Waals surface area contributed by atoms with Crippen LogP contribution in [0, 0.1) is 0 Å². The normalized spacial score (nSPS) is 10.5. The molecule has 0 aromatic heterocycles. The summed E-state index contributed by atoms with van der Waals surface area (Å²) in [6, 6.07) is 7.16. The average Bonchev–Trinajstić information content (AvgIpc) is 2.49. The summed E-state index contributed by atoms with van der Waals surface area (Å²) >= 11 is 0. The first kappa shape index (κ1) is 16.7. The fourth-order valence-electron chi connectivity index (χ4n) is 2.11. The highest BCUT2D eigenvalue weighted by molar-refractivity contribution is 5.96. The maximum absolute atomic E-state index is 12.0. The molecule has 0 spiro atoms. The molecule has 3 heteroatoms. The molecule has 3 nitrogen and oxygen atoms in total. The minimum absolute atomic E-state index is 0.00128. The Morgan fingerprint density at radius 2 is 1.70 bits per heavy atom. The molecule has 1 aromatic carbocycles. The van der Waals surface area contributed by atoms with Crippen LogP contribution >= 0.6 is 0 Å². The van der Waals surface area contributed by atoms with Gasteiger partial charge in [-0.25, -0.2) is 0 Å². The summed E-state index contributed by atoms with van der Waals surface area (Å²) < 4.78 is 5.26. The lowest BCUT2D eigenvalue weighted by Crippen LogP contribution is -2.02. The molecular formula is C17H26O3. The Labute approximate surface area is 122 Å². The number of hydrogen-bond donors (Lipinski definition) is 1. The molecule has 0 bridgehead atoms. The van der Waals surface area contributed by atoms with Gasteiger partial charge in [0.15, 0.2) is 5.78 Å². The third-order valence-corrected chi connectivity index (χ3v) is 3.29. The van der Waals surface area contributed by atoms with Crippen LogP contribution in [0.25, 0.3) is 0 Å². The first-order valence-corrected chi connectivity index (χ1v) is 7.65. The highest BCUT2D eigenvalue weighted by Gasteiger charge is 2.05. The molecule has 20 heavy (non-hydrogen) atoms. The lowest BCUT2D eigenvalue weighted by atomic mass is 10.0. The van der Waals surface area contributed by atoms with E-state index in [-0.39, 0.29) is 19.0 Å². The molecule has 0 radical (unpaired) electrons. The molecule has 1 N–H and O–H groups in total. The third kappa shape index (κ3) is 6.71. The van der Waals surface area contributed by atoms with Crippen molar-refractivity contribution in [3.05, 3.63) is 29.8 Å². The summed E-state index contributed by atoms with van der Waals surface area (Å²) in [5.74, 6) is 0.893. The summed E-state index contributed by atoms with van der Waals surface area (Å²) in [7, 11) is 0. The molecule has 0 amide bonds. The van der Waals surface area contributed by atoms with Gasteiger partial charge in [0, 0.05) is 12.0 Å². The predicted molar refractivity (Wildman–Crippen MR) is 81.3 cm³/mol. The summed E-state index contributed by atoms with van der Waals surface area (Å²) in [6.45, 7) is 2.49. The van der Waals surface area contributed by atoms with Gasteiger partial charge in [-0.05, 0) is 30.7 Å². The molecule has 0 aliphatic carbocycles. The van der Waals surface area contributed by atoms with Gasteiger partial charge in [0.1, 0.15) is 12.4 Å². The summed E-state index contributed by atoms with van der Waals surface area (Å²) in [5.41, 5.74) is 0.745. The molecule has 0 saturated heterocycles. The monoisotopic (exact) mass is 278 g/mol. The number of aliphatic hydroxyl groups excluding tert-OH is 1. The van der Waals surface area contributed by atoms with Crippen molar-refractivity contribution in [3.8, 4) is 5.75 Å². The zero-order valence-electron chi connectivity index (χ0n) is 12.4. The van der Waals surface area contributed by atoms with E-state index in [2.05, 4.69) is 6.92 Å². The van der Waals surface area contributed by atoms with E-state index >= 15 is 0 Å². The second kappa shape index (κ2) is 10.4. The summed E-state index contributed by atoms with van der Waals surface area (Å²) in [6.07, 6.45) is 7.81. The standard InChI is InChI=1S/C17H26O3/c1-2-3-4-5-6-7-8-17(19)15-9-11-16(12-10-15)20-14-13-18/h9-12,18H,2-8,13-14H2,1H3. The summed E-state index contributed by atoms with van der Waals surface area (Å²) in [5, 5.41) is 8.67. The van der Waals surface area contributed by atoms with E-state index in [9.17, 15) is 4.79 Å². The molecule has 0 fully saturated rings. The third-order valence-electron chi connectivity index (χ3n) is 3.29. The Bertz CT molecular complexity index is 370. The molecular weight excluding hydrogens is 252 g/mol. The van der Waals surface area contributed by atoms with Gasteiger partial charge in [-0.3, -0.25) is 4.79 Å². The Morgan fingerprint density at radius 1 is 1.05 bits per heavy atom. The zero-order chi connectivity index (χ0) is 14.6. The van der Waals surface area contributed by atoms with Crippen molar-refractivity contribution in [3.63, 3.8) is 0 Å². The van der Waals surface area contributed by atoms with Gasteiger partial charge >= 0.3 is 0 Å². The predicted octanol–water partition coefficient (Wildman–Crippen LogP) is 3.99. The maximum atomic E-state index is 12.0. The van der Waals surface area contributed by atoms with Crippen molar-refractivity contribution in [2.24, 2.45) is 0 Å². The molecule has 0 unspecified atom stereocenters.